The molecule has 0 aromatic heterocycles. The molecule has 1 saturated carbocycles. The van der Waals surface area contributed by atoms with E-state index in [4.69, 9.17) is 5.73 Å². The predicted octanol–water partition coefficient (Wildman–Crippen LogP) is 1.22. The first-order chi connectivity index (χ1) is 9.00. The smallest absolute Gasteiger partial charge is 0.309 e. The molecule has 0 spiro atoms. The minimum Gasteiger partial charge on any atom is -0.481 e. The van der Waals surface area contributed by atoms with E-state index in [0.717, 1.165) is 19.3 Å². The van der Waals surface area contributed by atoms with E-state index in [-0.39, 0.29) is 17.9 Å². The molecule has 1 aliphatic heterocycles. The normalized spacial score (nSPS) is 30.3. The number of carboxylic acid groups (broad SMARTS) is 1. The maximum atomic E-state index is 12.4. The lowest BCUT2D eigenvalue weighted by Crippen LogP contribution is -2.49. The molecule has 3 N–H and O–H groups in total. The molecule has 19 heavy (non-hydrogen) atoms. The highest BCUT2D eigenvalue weighted by Gasteiger charge is 2.42. The van der Waals surface area contributed by atoms with E-state index in [0.29, 0.717) is 32.4 Å². The molecular formula is C14H24N2O3. The molecule has 1 amide bonds. The van der Waals surface area contributed by atoms with Crippen molar-refractivity contribution in [3.8, 4) is 0 Å². The Labute approximate surface area is 114 Å². The van der Waals surface area contributed by atoms with Crippen LogP contribution < -0.4 is 5.73 Å². The predicted molar refractivity (Wildman–Crippen MR) is 71.5 cm³/mol. The van der Waals surface area contributed by atoms with Gasteiger partial charge in [-0.15, -0.1) is 0 Å². The van der Waals surface area contributed by atoms with Gasteiger partial charge in [0, 0.05) is 19.1 Å². The second-order valence-corrected chi connectivity index (χ2v) is 5.97. The number of nitrogens with zero attached hydrogens (tertiary/aromatic N) is 1. The van der Waals surface area contributed by atoms with Crippen molar-refractivity contribution in [2.45, 2.75) is 51.5 Å². The fourth-order valence-electron chi connectivity index (χ4n) is 3.40. The lowest BCUT2D eigenvalue weighted by Gasteiger charge is -2.39. The number of carboxylic acids is 1. The fourth-order valence-corrected chi connectivity index (χ4v) is 3.40. The Morgan fingerprint density at radius 1 is 1.32 bits per heavy atom. The highest BCUT2D eigenvalue weighted by Crippen LogP contribution is 2.36. The summed E-state index contributed by atoms with van der Waals surface area (Å²) < 4.78 is 0. The van der Waals surface area contributed by atoms with Crippen molar-refractivity contribution in [3.63, 3.8) is 0 Å². The molecule has 2 rings (SSSR count). The van der Waals surface area contributed by atoms with Crippen molar-refractivity contribution < 1.29 is 14.7 Å². The first-order valence-corrected chi connectivity index (χ1v) is 7.28. The van der Waals surface area contributed by atoms with Crippen LogP contribution in [0.5, 0.6) is 0 Å². The summed E-state index contributed by atoms with van der Waals surface area (Å²) in [5.74, 6) is -0.626. The van der Waals surface area contributed by atoms with Crippen LogP contribution in [0.4, 0.5) is 0 Å². The lowest BCUT2D eigenvalue weighted by atomic mass is 9.76. The fraction of sp³-hybridized carbons (Fsp3) is 0.857. The Morgan fingerprint density at radius 3 is 2.37 bits per heavy atom. The van der Waals surface area contributed by atoms with Crippen LogP contribution in [-0.4, -0.2) is 41.0 Å². The number of likely N-dealkylation sites (tertiary alicyclic amines) is 1. The molecule has 0 aromatic carbocycles. The molecule has 1 saturated heterocycles. The highest BCUT2D eigenvalue weighted by molar-refractivity contribution is 5.81. The minimum atomic E-state index is -0.723. The zero-order valence-electron chi connectivity index (χ0n) is 11.6. The summed E-state index contributed by atoms with van der Waals surface area (Å²) in [5, 5.41) is 9.34. The van der Waals surface area contributed by atoms with Gasteiger partial charge in [0.05, 0.1) is 11.3 Å². The molecule has 1 heterocycles. The molecular weight excluding hydrogens is 244 g/mol. The second-order valence-electron chi connectivity index (χ2n) is 5.97. The second kappa shape index (κ2) is 5.49. The quantitative estimate of drug-likeness (QED) is 0.806. The van der Waals surface area contributed by atoms with Gasteiger partial charge in [-0.25, -0.2) is 0 Å². The lowest BCUT2D eigenvalue weighted by molar-refractivity contribution is -0.155. The molecule has 108 valence electrons. The molecule has 0 bridgehead atoms. The van der Waals surface area contributed by atoms with Crippen molar-refractivity contribution in [1.82, 2.24) is 4.90 Å². The van der Waals surface area contributed by atoms with E-state index in [2.05, 4.69) is 0 Å². The van der Waals surface area contributed by atoms with Gasteiger partial charge in [-0.3, -0.25) is 9.59 Å². The van der Waals surface area contributed by atoms with Gasteiger partial charge in [0.1, 0.15) is 0 Å². The van der Waals surface area contributed by atoms with E-state index in [1.54, 1.807) is 0 Å². The Balaban J connectivity index is 1.96. The third-order valence-corrected chi connectivity index (χ3v) is 5.05. The Kier molecular flexibility index (Phi) is 4.13. The molecule has 5 nitrogen and oxygen atoms in total. The molecule has 0 aromatic rings. The number of rotatable bonds is 3. The minimum absolute atomic E-state index is 0.00941. The van der Waals surface area contributed by atoms with Crippen molar-refractivity contribution in [2.75, 3.05) is 13.1 Å². The van der Waals surface area contributed by atoms with Gasteiger partial charge in [-0.1, -0.05) is 13.3 Å². The number of hydrogen-bond donors (Lipinski definition) is 2. The summed E-state index contributed by atoms with van der Waals surface area (Å²) >= 11 is 0. The molecule has 1 aliphatic carbocycles. The number of carbonyl (C=O) groups excluding carboxylic acids is 1. The number of carbonyl (C=O) groups is 2. The van der Waals surface area contributed by atoms with E-state index in [9.17, 15) is 14.7 Å². The van der Waals surface area contributed by atoms with Crippen molar-refractivity contribution in [3.05, 3.63) is 0 Å². The number of piperidine rings is 1. The Morgan fingerprint density at radius 2 is 1.95 bits per heavy atom. The van der Waals surface area contributed by atoms with Crippen LogP contribution >= 0.6 is 0 Å². The molecule has 0 radical (unpaired) electrons. The number of nitrogens with two attached hydrogens (primary N) is 1. The van der Waals surface area contributed by atoms with Gasteiger partial charge >= 0.3 is 5.97 Å². The van der Waals surface area contributed by atoms with Gasteiger partial charge in [0.15, 0.2) is 0 Å². The maximum absolute atomic E-state index is 12.4. The van der Waals surface area contributed by atoms with Gasteiger partial charge < -0.3 is 15.7 Å². The monoisotopic (exact) mass is 268 g/mol. The van der Waals surface area contributed by atoms with Gasteiger partial charge in [0.2, 0.25) is 5.91 Å². The molecule has 2 aliphatic rings. The molecule has 5 heteroatoms. The van der Waals surface area contributed by atoms with Crippen LogP contribution in [0.3, 0.4) is 0 Å². The first kappa shape index (κ1) is 14.3. The third-order valence-electron chi connectivity index (χ3n) is 5.05. The summed E-state index contributed by atoms with van der Waals surface area (Å²) in [5.41, 5.74) is 5.34. The van der Waals surface area contributed by atoms with Gasteiger partial charge in [-0.05, 0) is 32.1 Å². The average Bonchev–Trinajstić information content (AvgIpc) is 2.84. The molecule has 2 unspecified atom stereocenters. The molecule has 2 fully saturated rings. The first-order valence-electron chi connectivity index (χ1n) is 7.28. The summed E-state index contributed by atoms with van der Waals surface area (Å²) in [6.45, 7) is 3.03. The van der Waals surface area contributed by atoms with Crippen molar-refractivity contribution in [1.29, 1.82) is 0 Å². The van der Waals surface area contributed by atoms with E-state index >= 15 is 0 Å². The Hall–Kier alpha value is -1.10. The number of hydrogen-bond acceptors (Lipinski definition) is 3. The summed E-state index contributed by atoms with van der Waals surface area (Å²) in [4.78, 5) is 25.6. The van der Waals surface area contributed by atoms with Crippen LogP contribution in [0.15, 0.2) is 0 Å². The third kappa shape index (κ3) is 2.61. The van der Waals surface area contributed by atoms with Gasteiger partial charge in [0.25, 0.3) is 0 Å². The maximum Gasteiger partial charge on any atom is 0.309 e. The summed E-state index contributed by atoms with van der Waals surface area (Å²) in [7, 11) is 0. The molecule has 2 atom stereocenters. The highest BCUT2D eigenvalue weighted by atomic mass is 16.4. The van der Waals surface area contributed by atoms with Crippen LogP contribution in [0, 0.1) is 11.3 Å². The SMILES string of the molecule is CCC1(C(=O)O)CCN(C(=O)C2CCCC2N)CC1. The van der Waals surface area contributed by atoms with Crippen molar-refractivity contribution >= 4 is 11.9 Å². The largest absolute Gasteiger partial charge is 0.481 e. The summed E-state index contributed by atoms with van der Waals surface area (Å²) in [6.07, 6.45) is 4.60. The van der Waals surface area contributed by atoms with Crippen LogP contribution in [0.1, 0.15) is 45.4 Å². The van der Waals surface area contributed by atoms with Crippen LogP contribution in [0.25, 0.3) is 0 Å². The van der Waals surface area contributed by atoms with Crippen molar-refractivity contribution in [2.24, 2.45) is 17.1 Å². The zero-order chi connectivity index (χ0) is 14.0. The number of amides is 1. The van der Waals surface area contributed by atoms with E-state index in [1.165, 1.54) is 0 Å². The van der Waals surface area contributed by atoms with Crippen LogP contribution in [0.2, 0.25) is 0 Å². The number of aliphatic carboxylic acids is 1. The topological polar surface area (TPSA) is 83.6 Å². The Bertz CT molecular complexity index is 362. The van der Waals surface area contributed by atoms with Gasteiger partial charge in [-0.2, -0.15) is 0 Å². The standard InChI is InChI=1S/C14H24N2O3/c1-2-14(13(18)19)6-8-16(9-7-14)12(17)10-4-3-5-11(10)15/h10-11H,2-9,15H2,1H3,(H,18,19). The van der Waals surface area contributed by atoms with Crippen LogP contribution in [-0.2, 0) is 9.59 Å². The zero-order valence-corrected chi connectivity index (χ0v) is 11.6. The van der Waals surface area contributed by atoms with E-state index < -0.39 is 11.4 Å². The van der Waals surface area contributed by atoms with E-state index in [1.807, 2.05) is 11.8 Å². The average molecular weight is 268 g/mol. The summed E-state index contributed by atoms with van der Waals surface area (Å²) in [6, 6.07) is -0.00941.